The number of aromatic nitrogens is 2. The summed E-state index contributed by atoms with van der Waals surface area (Å²) in [5.74, 6) is 0.0339. The maximum atomic E-state index is 11.8. The average Bonchev–Trinajstić information content (AvgIpc) is 2.72. The number of esters is 1. The first-order valence-electron chi connectivity index (χ1n) is 5.87. The summed E-state index contributed by atoms with van der Waals surface area (Å²) in [5, 5.41) is 2.50. The van der Waals surface area contributed by atoms with Gasteiger partial charge in [0, 0.05) is 0 Å². The van der Waals surface area contributed by atoms with E-state index in [1.807, 2.05) is 35.8 Å². The van der Waals surface area contributed by atoms with Crippen molar-refractivity contribution in [2.75, 3.05) is 13.7 Å². The van der Waals surface area contributed by atoms with E-state index in [-0.39, 0.29) is 19.0 Å². The van der Waals surface area contributed by atoms with Gasteiger partial charge >= 0.3 is 5.97 Å². The lowest BCUT2D eigenvalue weighted by atomic mass is 10.3. The van der Waals surface area contributed by atoms with Crippen LogP contribution in [0.3, 0.4) is 0 Å². The van der Waals surface area contributed by atoms with Crippen LogP contribution in [0.15, 0.2) is 24.3 Å². The lowest BCUT2D eigenvalue weighted by Gasteiger charge is -2.07. The van der Waals surface area contributed by atoms with Crippen LogP contribution >= 0.6 is 0 Å². The van der Waals surface area contributed by atoms with Crippen LogP contribution in [0.4, 0.5) is 0 Å². The van der Waals surface area contributed by atoms with Crippen molar-refractivity contribution in [3.8, 4) is 0 Å². The number of fused-ring (bicyclic) bond motifs is 1. The molecule has 2 aromatic rings. The Kier molecular flexibility index (Phi) is 3.79. The number of carbonyl (C=O) groups excluding carboxylic acids is 2. The Labute approximate surface area is 110 Å². The second-order valence-electron chi connectivity index (χ2n) is 4.09. The Morgan fingerprint density at radius 3 is 2.84 bits per heavy atom. The number of carbonyl (C=O) groups is 2. The molecule has 0 radical (unpaired) electrons. The van der Waals surface area contributed by atoms with E-state index in [2.05, 4.69) is 15.0 Å². The van der Waals surface area contributed by atoms with E-state index in [1.165, 1.54) is 7.11 Å². The molecule has 0 saturated heterocycles. The van der Waals surface area contributed by atoms with Gasteiger partial charge in [0.15, 0.2) is 0 Å². The molecule has 0 saturated carbocycles. The smallest absolute Gasteiger partial charge is 0.325 e. The Balaban J connectivity index is 2.10. The summed E-state index contributed by atoms with van der Waals surface area (Å²) in [6, 6.07) is 7.59. The Hall–Kier alpha value is -2.37. The summed E-state index contributed by atoms with van der Waals surface area (Å²) < 4.78 is 6.26. The van der Waals surface area contributed by atoms with Crippen LogP contribution in [0.2, 0.25) is 0 Å². The lowest BCUT2D eigenvalue weighted by Crippen LogP contribution is -2.33. The zero-order valence-corrected chi connectivity index (χ0v) is 10.8. The number of aryl methyl sites for hydroxylation is 1. The topological polar surface area (TPSA) is 73.2 Å². The number of benzene rings is 1. The second kappa shape index (κ2) is 5.51. The molecule has 6 heteroatoms. The number of imidazole rings is 1. The minimum Gasteiger partial charge on any atom is -0.468 e. The minimum absolute atomic E-state index is 0.124. The Bertz CT molecular complexity index is 619. The van der Waals surface area contributed by atoms with Gasteiger partial charge in [-0.25, -0.2) is 4.98 Å². The number of para-hydroxylation sites is 2. The zero-order valence-electron chi connectivity index (χ0n) is 10.8. The van der Waals surface area contributed by atoms with Crippen molar-refractivity contribution in [1.82, 2.24) is 14.9 Å². The van der Waals surface area contributed by atoms with E-state index in [0.29, 0.717) is 0 Å². The summed E-state index contributed by atoms with van der Waals surface area (Å²) in [7, 11) is 1.28. The van der Waals surface area contributed by atoms with Gasteiger partial charge in [0.2, 0.25) is 5.91 Å². The van der Waals surface area contributed by atoms with E-state index < -0.39 is 5.97 Å². The number of nitrogens with one attached hydrogen (secondary N) is 1. The van der Waals surface area contributed by atoms with Crippen LogP contribution in [0.25, 0.3) is 11.0 Å². The van der Waals surface area contributed by atoms with Crippen molar-refractivity contribution in [2.45, 2.75) is 13.5 Å². The Morgan fingerprint density at radius 1 is 1.37 bits per heavy atom. The largest absolute Gasteiger partial charge is 0.468 e. The molecule has 1 aromatic heterocycles. The van der Waals surface area contributed by atoms with E-state index in [9.17, 15) is 9.59 Å². The second-order valence-corrected chi connectivity index (χ2v) is 4.09. The highest BCUT2D eigenvalue weighted by Gasteiger charge is 2.11. The molecule has 0 aliphatic carbocycles. The SMILES string of the molecule is COC(=O)CNC(=O)Cn1c(C)nc2ccccc21. The van der Waals surface area contributed by atoms with Crippen LogP contribution in [0, 0.1) is 6.92 Å². The van der Waals surface area contributed by atoms with Crippen LogP contribution in [0.1, 0.15) is 5.82 Å². The number of ether oxygens (including phenoxy) is 1. The molecule has 0 atom stereocenters. The molecule has 1 N–H and O–H groups in total. The third-order valence-electron chi connectivity index (χ3n) is 2.80. The molecule has 19 heavy (non-hydrogen) atoms. The highest BCUT2D eigenvalue weighted by Crippen LogP contribution is 2.14. The number of amides is 1. The van der Waals surface area contributed by atoms with Gasteiger partial charge in [0.25, 0.3) is 0 Å². The number of methoxy groups -OCH3 is 1. The van der Waals surface area contributed by atoms with Gasteiger partial charge in [-0.3, -0.25) is 9.59 Å². The van der Waals surface area contributed by atoms with Crippen molar-refractivity contribution in [3.63, 3.8) is 0 Å². The average molecular weight is 261 g/mol. The molecule has 0 aliphatic rings. The predicted octanol–water partition coefficient (Wildman–Crippen LogP) is 0.634. The molecule has 100 valence electrons. The van der Waals surface area contributed by atoms with E-state index in [0.717, 1.165) is 16.9 Å². The summed E-state index contributed by atoms with van der Waals surface area (Å²) in [6.45, 7) is 1.85. The van der Waals surface area contributed by atoms with Crippen molar-refractivity contribution in [3.05, 3.63) is 30.1 Å². The molecular formula is C13H15N3O3. The van der Waals surface area contributed by atoms with Gasteiger partial charge in [-0.15, -0.1) is 0 Å². The summed E-state index contributed by atoms with van der Waals surface area (Å²) in [5.41, 5.74) is 1.74. The lowest BCUT2D eigenvalue weighted by molar-refractivity contribution is -0.141. The molecule has 6 nitrogen and oxygen atoms in total. The summed E-state index contributed by atoms with van der Waals surface area (Å²) in [4.78, 5) is 27.1. The van der Waals surface area contributed by atoms with Gasteiger partial charge in [-0.05, 0) is 19.1 Å². The monoisotopic (exact) mass is 261 g/mol. The first-order valence-corrected chi connectivity index (χ1v) is 5.87. The summed E-state index contributed by atoms with van der Waals surface area (Å²) in [6.07, 6.45) is 0. The standard InChI is InChI=1S/C13H15N3O3/c1-9-15-10-5-3-4-6-11(10)16(9)8-12(17)14-7-13(18)19-2/h3-6H,7-8H2,1-2H3,(H,14,17). The third-order valence-corrected chi connectivity index (χ3v) is 2.80. The molecule has 0 spiro atoms. The zero-order chi connectivity index (χ0) is 13.8. The van der Waals surface area contributed by atoms with Crippen LogP contribution < -0.4 is 5.32 Å². The molecule has 0 aliphatic heterocycles. The Morgan fingerprint density at radius 2 is 2.11 bits per heavy atom. The number of rotatable bonds is 4. The van der Waals surface area contributed by atoms with Crippen molar-refractivity contribution in [2.24, 2.45) is 0 Å². The van der Waals surface area contributed by atoms with E-state index >= 15 is 0 Å². The maximum absolute atomic E-state index is 11.8. The van der Waals surface area contributed by atoms with Gasteiger partial charge in [0.1, 0.15) is 18.9 Å². The molecule has 0 unspecified atom stereocenters. The van der Waals surface area contributed by atoms with Crippen molar-refractivity contribution in [1.29, 1.82) is 0 Å². The fourth-order valence-electron chi connectivity index (χ4n) is 1.84. The summed E-state index contributed by atoms with van der Waals surface area (Å²) >= 11 is 0. The van der Waals surface area contributed by atoms with Crippen LogP contribution in [-0.2, 0) is 20.9 Å². The molecule has 1 heterocycles. The third kappa shape index (κ3) is 2.90. The first-order chi connectivity index (χ1) is 9.11. The van der Waals surface area contributed by atoms with Gasteiger partial charge in [0.05, 0.1) is 18.1 Å². The first kappa shape index (κ1) is 13.1. The van der Waals surface area contributed by atoms with Crippen LogP contribution in [0.5, 0.6) is 0 Å². The van der Waals surface area contributed by atoms with E-state index in [1.54, 1.807) is 0 Å². The molecule has 1 amide bonds. The molecule has 0 bridgehead atoms. The van der Waals surface area contributed by atoms with Crippen molar-refractivity contribution >= 4 is 22.9 Å². The molecule has 1 aromatic carbocycles. The number of hydrogen-bond acceptors (Lipinski definition) is 4. The number of hydrogen-bond donors (Lipinski definition) is 1. The fourth-order valence-corrected chi connectivity index (χ4v) is 1.84. The van der Waals surface area contributed by atoms with Gasteiger partial charge in [-0.2, -0.15) is 0 Å². The van der Waals surface area contributed by atoms with Crippen molar-refractivity contribution < 1.29 is 14.3 Å². The molecular weight excluding hydrogens is 246 g/mol. The normalized spacial score (nSPS) is 10.4. The van der Waals surface area contributed by atoms with Gasteiger partial charge < -0.3 is 14.6 Å². The van der Waals surface area contributed by atoms with E-state index in [4.69, 9.17) is 0 Å². The maximum Gasteiger partial charge on any atom is 0.325 e. The quantitative estimate of drug-likeness (QED) is 0.819. The highest BCUT2D eigenvalue weighted by atomic mass is 16.5. The highest BCUT2D eigenvalue weighted by molar-refractivity contribution is 5.84. The molecule has 2 rings (SSSR count). The van der Waals surface area contributed by atoms with Crippen LogP contribution in [-0.4, -0.2) is 35.1 Å². The number of nitrogens with zero attached hydrogens (tertiary/aromatic N) is 2. The minimum atomic E-state index is -0.472. The van der Waals surface area contributed by atoms with Gasteiger partial charge in [-0.1, -0.05) is 12.1 Å². The molecule has 0 fully saturated rings. The fraction of sp³-hybridized carbons (Fsp3) is 0.308. The predicted molar refractivity (Wildman–Crippen MR) is 69.5 cm³/mol.